The number of esters is 2. The second-order valence-corrected chi connectivity index (χ2v) is 7.08. The first-order valence-corrected chi connectivity index (χ1v) is 9.02. The van der Waals surface area contributed by atoms with Crippen molar-refractivity contribution in [2.75, 3.05) is 6.61 Å². The largest absolute Gasteiger partial charge is 0.460 e. The molecule has 1 unspecified atom stereocenters. The van der Waals surface area contributed by atoms with Gasteiger partial charge in [0.05, 0.1) is 0 Å². The normalized spacial score (nSPS) is 15.2. The zero-order chi connectivity index (χ0) is 29.5. The fourth-order valence-corrected chi connectivity index (χ4v) is 2.37. The van der Waals surface area contributed by atoms with Gasteiger partial charge in [0.2, 0.25) is 6.10 Å². The van der Waals surface area contributed by atoms with Crippen molar-refractivity contribution in [1.29, 1.82) is 0 Å². The predicted molar refractivity (Wildman–Crippen MR) is 87.6 cm³/mol. The van der Waals surface area contributed by atoms with Gasteiger partial charge in [-0.25, -0.2) is 4.79 Å². The van der Waals surface area contributed by atoms with Gasteiger partial charge in [0.1, 0.15) is 0 Å². The number of alkyl halides is 15. The number of rotatable bonds is 10. The highest BCUT2D eigenvalue weighted by atomic mass is 19.4. The standard InChI is InChI=1S/C18H11F15O4/c1-8(34)37-10(9-5-3-2-4-6-9)11(35)36-7-12(19,20)13(21,22)14(23,24)15(25,26)16(27,28)17(29,30)18(31,32)33/h2-6,10H,7H2,1H3. The van der Waals surface area contributed by atoms with E-state index in [1.165, 1.54) is 6.07 Å². The van der Waals surface area contributed by atoms with Crippen LogP contribution in [0.3, 0.4) is 0 Å². The van der Waals surface area contributed by atoms with E-state index in [2.05, 4.69) is 9.47 Å². The molecule has 0 saturated heterocycles. The Balaban J connectivity index is 3.34. The fraction of sp³-hybridized carbons (Fsp3) is 0.556. The second-order valence-electron chi connectivity index (χ2n) is 7.08. The van der Waals surface area contributed by atoms with E-state index in [9.17, 15) is 75.4 Å². The van der Waals surface area contributed by atoms with Gasteiger partial charge >= 0.3 is 53.7 Å². The summed E-state index contributed by atoms with van der Waals surface area (Å²) in [4.78, 5) is 23.0. The number of carbonyl (C=O) groups is 2. The SMILES string of the molecule is CC(=O)OC(C(=O)OCC(F)(F)C(F)(F)C(F)(F)C(F)(F)C(F)(F)C(F)(F)C(F)(F)F)c1ccccc1. The molecule has 1 aromatic rings. The Labute approximate surface area is 195 Å². The number of benzene rings is 1. The molecule has 37 heavy (non-hydrogen) atoms. The third-order valence-electron chi connectivity index (χ3n) is 4.39. The van der Waals surface area contributed by atoms with Crippen molar-refractivity contribution in [3.63, 3.8) is 0 Å². The topological polar surface area (TPSA) is 52.6 Å². The van der Waals surface area contributed by atoms with Crippen LogP contribution in [0.5, 0.6) is 0 Å². The molecule has 212 valence electrons. The third kappa shape index (κ3) is 5.39. The summed E-state index contributed by atoms with van der Waals surface area (Å²) in [6, 6.07) is 5.55. The number of halogens is 15. The molecule has 0 radical (unpaired) electrons. The summed E-state index contributed by atoms with van der Waals surface area (Å²) < 4.78 is 206. The maximum absolute atomic E-state index is 13.8. The quantitative estimate of drug-likeness (QED) is 0.246. The molecular formula is C18H11F15O4. The minimum absolute atomic E-state index is 0.385. The molecule has 0 saturated carbocycles. The van der Waals surface area contributed by atoms with Crippen LogP contribution in [0.15, 0.2) is 30.3 Å². The highest BCUT2D eigenvalue weighted by molar-refractivity contribution is 5.80. The summed E-state index contributed by atoms with van der Waals surface area (Å²) in [6.45, 7) is -2.69. The van der Waals surface area contributed by atoms with E-state index in [4.69, 9.17) is 0 Å². The van der Waals surface area contributed by atoms with Gasteiger partial charge in [-0.3, -0.25) is 4.79 Å². The van der Waals surface area contributed by atoms with Crippen molar-refractivity contribution in [2.24, 2.45) is 0 Å². The summed E-state index contributed by atoms with van der Waals surface area (Å²) >= 11 is 0. The molecule has 1 aromatic carbocycles. The lowest BCUT2D eigenvalue weighted by molar-refractivity contribution is -0.453. The molecule has 0 bridgehead atoms. The Morgan fingerprint density at radius 1 is 0.676 bits per heavy atom. The highest BCUT2D eigenvalue weighted by Gasteiger charge is 2.93. The fourth-order valence-electron chi connectivity index (χ4n) is 2.37. The molecule has 0 spiro atoms. The Morgan fingerprint density at radius 3 is 1.49 bits per heavy atom. The van der Waals surface area contributed by atoms with Crippen molar-refractivity contribution in [1.82, 2.24) is 0 Å². The van der Waals surface area contributed by atoms with Crippen LogP contribution in [0.4, 0.5) is 65.9 Å². The van der Waals surface area contributed by atoms with Gasteiger partial charge in [-0.1, -0.05) is 30.3 Å². The smallest absolute Gasteiger partial charge is 0.456 e. The molecule has 0 N–H and O–H groups in total. The summed E-state index contributed by atoms with van der Waals surface area (Å²) in [7, 11) is 0. The van der Waals surface area contributed by atoms with E-state index in [1.807, 2.05) is 0 Å². The maximum Gasteiger partial charge on any atom is 0.460 e. The number of ether oxygens (including phenoxy) is 2. The van der Waals surface area contributed by atoms with Crippen LogP contribution in [0.2, 0.25) is 0 Å². The molecular weight excluding hydrogens is 565 g/mol. The average molecular weight is 576 g/mol. The zero-order valence-electron chi connectivity index (χ0n) is 17.5. The summed E-state index contributed by atoms with van der Waals surface area (Å²) in [5.41, 5.74) is -0.385. The molecule has 0 amide bonds. The number of carbonyl (C=O) groups excluding carboxylic acids is 2. The molecule has 0 aromatic heterocycles. The van der Waals surface area contributed by atoms with Gasteiger partial charge in [0.25, 0.3) is 0 Å². The van der Waals surface area contributed by atoms with Gasteiger partial charge in [-0.15, -0.1) is 0 Å². The zero-order valence-corrected chi connectivity index (χ0v) is 17.5. The van der Waals surface area contributed by atoms with Crippen LogP contribution in [0, 0.1) is 0 Å². The highest BCUT2D eigenvalue weighted by Crippen LogP contribution is 2.62. The third-order valence-corrected chi connectivity index (χ3v) is 4.39. The van der Waals surface area contributed by atoms with Crippen molar-refractivity contribution < 1.29 is 84.9 Å². The lowest BCUT2D eigenvalue weighted by Gasteiger charge is -2.41. The van der Waals surface area contributed by atoms with Gasteiger partial charge in [0, 0.05) is 12.5 Å². The van der Waals surface area contributed by atoms with Crippen LogP contribution >= 0.6 is 0 Å². The molecule has 19 heteroatoms. The molecule has 0 aliphatic carbocycles. The summed E-state index contributed by atoms with van der Waals surface area (Å²) in [6.07, 6.45) is -10.0. The number of hydrogen-bond donors (Lipinski definition) is 0. The average Bonchev–Trinajstić information content (AvgIpc) is 2.74. The van der Waals surface area contributed by atoms with Crippen molar-refractivity contribution in [3.05, 3.63) is 35.9 Å². The van der Waals surface area contributed by atoms with E-state index >= 15 is 0 Å². The Morgan fingerprint density at radius 2 is 1.08 bits per heavy atom. The minimum Gasteiger partial charge on any atom is -0.456 e. The first kappa shape index (κ1) is 32.1. The summed E-state index contributed by atoms with van der Waals surface area (Å²) in [5.74, 6) is -51.4. The monoisotopic (exact) mass is 576 g/mol. The summed E-state index contributed by atoms with van der Waals surface area (Å²) in [5, 5.41) is 0. The van der Waals surface area contributed by atoms with Crippen LogP contribution in [0.25, 0.3) is 0 Å². The second kappa shape index (κ2) is 9.77. The van der Waals surface area contributed by atoms with Crippen LogP contribution in [-0.2, 0) is 19.1 Å². The van der Waals surface area contributed by atoms with Crippen molar-refractivity contribution >= 4 is 11.9 Å². The van der Waals surface area contributed by atoms with Gasteiger partial charge in [-0.2, -0.15) is 65.9 Å². The van der Waals surface area contributed by atoms with E-state index in [0.29, 0.717) is 6.92 Å². The van der Waals surface area contributed by atoms with Crippen LogP contribution in [0.1, 0.15) is 18.6 Å². The first-order valence-electron chi connectivity index (χ1n) is 9.02. The van der Waals surface area contributed by atoms with Crippen molar-refractivity contribution in [2.45, 2.75) is 54.7 Å². The van der Waals surface area contributed by atoms with Crippen molar-refractivity contribution in [3.8, 4) is 0 Å². The predicted octanol–water partition coefficient (Wildman–Crippen LogP) is 6.21. The minimum atomic E-state index is -8.46. The van der Waals surface area contributed by atoms with E-state index in [1.54, 1.807) is 0 Å². The van der Waals surface area contributed by atoms with E-state index in [-0.39, 0.29) is 5.56 Å². The molecule has 4 nitrogen and oxygen atoms in total. The number of hydrogen-bond acceptors (Lipinski definition) is 4. The molecule has 0 heterocycles. The molecule has 1 rings (SSSR count). The Bertz CT molecular complexity index is 973. The van der Waals surface area contributed by atoms with Crippen LogP contribution in [-0.4, -0.2) is 60.3 Å². The molecule has 0 fully saturated rings. The van der Waals surface area contributed by atoms with E-state index < -0.39 is 66.4 Å². The van der Waals surface area contributed by atoms with Crippen LogP contribution < -0.4 is 0 Å². The van der Waals surface area contributed by atoms with Gasteiger partial charge in [0.15, 0.2) is 6.61 Å². The van der Waals surface area contributed by atoms with Gasteiger partial charge < -0.3 is 9.47 Å². The maximum atomic E-state index is 13.8. The Hall–Kier alpha value is -2.89. The molecule has 1 atom stereocenters. The lowest BCUT2D eigenvalue weighted by Crippen LogP contribution is -2.73. The first-order chi connectivity index (χ1) is 16.3. The van der Waals surface area contributed by atoms with Gasteiger partial charge in [-0.05, 0) is 0 Å². The van der Waals surface area contributed by atoms with E-state index in [0.717, 1.165) is 24.3 Å². The molecule has 0 aliphatic heterocycles. The Kier molecular flexibility index (Phi) is 8.49. The lowest BCUT2D eigenvalue weighted by atomic mass is 9.91. The molecule has 0 aliphatic rings.